The molecule has 81 heavy (non-hydrogen) atoms. The molecule has 4 saturated heterocycles. The molecule has 0 aromatic rings. The highest BCUT2D eigenvalue weighted by atomic mass is 16.8. The first-order valence-corrected chi connectivity index (χ1v) is 29.4. The lowest BCUT2D eigenvalue weighted by Crippen LogP contribution is -2.67. The molecule has 4 heterocycles. The van der Waals surface area contributed by atoms with E-state index in [4.69, 9.17) is 42.6 Å². The van der Waals surface area contributed by atoms with Crippen molar-refractivity contribution in [2.45, 2.75) is 256 Å². The Balaban J connectivity index is 0.935. The van der Waals surface area contributed by atoms with Gasteiger partial charge >= 0.3 is 11.9 Å². The van der Waals surface area contributed by atoms with Gasteiger partial charge < -0.3 is 104 Å². The van der Waals surface area contributed by atoms with Gasteiger partial charge in [-0.25, -0.2) is 4.79 Å². The molecule has 23 heteroatoms. The van der Waals surface area contributed by atoms with Crippen molar-refractivity contribution in [3.8, 4) is 0 Å². The fraction of sp³-hybridized carbons (Fsp3) is 0.914. The number of aliphatic hydroxyl groups is 10. The summed E-state index contributed by atoms with van der Waals surface area (Å²) in [5, 5.41) is 118. The van der Waals surface area contributed by atoms with Crippen LogP contribution in [0.3, 0.4) is 0 Å². The molecule has 0 radical (unpaired) electrons. The molecule has 4 saturated carbocycles. The van der Waals surface area contributed by atoms with E-state index < -0.39 is 148 Å². The number of aldehydes is 1. The molecular weight excluding hydrogens is 1060 g/mol. The number of carbonyl (C=O) groups is 3. The van der Waals surface area contributed by atoms with Crippen molar-refractivity contribution in [1.29, 1.82) is 0 Å². The molecule has 5 aliphatic carbocycles. The highest BCUT2D eigenvalue weighted by Gasteiger charge is 2.70. The van der Waals surface area contributed by atoms with Crippen LogP contribution in [0, 0.1) is 56.2 Å². The second-order valence-electron chi connectivity index (χ2n) is 27.4. The SMILES string of the molecule is CCC(C)C(=O)O[C@H]1C[C@]2(C)CC[C@]3(C)C(=CC[C@@H]4[C@@]5(C)CC[C@H](O[C@H]6C[C@@H](O[C@@H]7O[C@H](CO)[C@@H](O)[C@H](O)[C@H]7O[C@@H]7O[C@H](CO)[C@@H](O)[C@H](O)[C@H]7O[C@@H]7OC[C@@H](O)[C@H](O)[C@H]7O)[C@H](O)[C@@H](C(=O)O)O6)[C@@](C)(C=O)[C@@H]5CC[C@]43C)[C@@H]2CC1(C)C. The van der Waals surface area contributed by atoms with Crippen LogP contribution in [0.1, 0.15) is 133 Å². The molecule has 11 N–H and O–H groups in total. The van der Waals surface area contributed by atoms with Gasteiger partial charge in [0.25, 0.3) is 0 Å². The van der Waals surface area contributed by atoms with E-state index in [0.717, 1.165) is 57.7 Å². The molecule has 0 aromatic heterocycles. The van der Waals surface area contributed by atoms with Gasteiger partial charge in [0.15, 0.2) is 31.3 Å². The zero-order chi connectivity index (χ0) is 59.3. The number of allylic oxidation sites excluding steroid dienone is 2. The van der Waals surface area contributed by atoms with E-state index in [1.807, 2.05) is 20.8 Å². The van der Waals surface area contributed by atoms with Gasteiger partial charge in [-0.15, -0.1) is 0 Å². The molecule has 9 aliphatic rings. The van der Waals surface area contributed by atoms with Crippen molar-refractivity contribution in [2.24, 2.45) is 56.2 Å². The molecule has 0 aromatic carbocycles. The van der Waals surface area contributed by atoms with Crippen LogP contribution in [0.2, 0.25) is 0 Å². The molecule has 23 nitrogen and oxygen atoms in total. The summed E-state index contributed by atoms with van der Waals surface area (Å²) in [5.74, 6) is -1.50. The Morgan fingerprint density at radius 3 is 1.91 bits per heavy atom. The predicted octanol–water partition coefficient (Wildman–Crippen LogP) is 0.973. The highest BCUT2D eigenvalue weighted by Crippen LogP contribution is 2.76. The Bertz CT molecular complexity index is 2290. The minimum atomic E-state index is -2.02. The number of carbonyl (C=O) groups excluding carboxylic acids is 2. The van der Waals surface area contributed by atoms with E-state index in [9.17, 15) is 70.6 Å². The fourth-order valence-corrected chi connectivity index (χ4v) is 16.7. The second-order valence-corrected chi connectivity index (χ2v) is 27.4. The van der Waals surface area contributed by atoms with Crippen LogP contribution in [0.4, 0.5) is 0 Å². The quantitative estimate of drug-likeness (QED) is 0.0471. The first kappa shape index (κ1) is 63.1. The molecule has 9 rings (SSSR count). The molecule has 1 unspecified atom stereocenters. The van der Waals surface area contributed by atoms with Crippen LogP contribution in [0.5, 0.6) is 0 Å². The van der Waals surface area contributed by atoms with E-state index in [0.29, 0.717) is 18.8 Å². The molecule has 0 amide bonds. The van der Waals surface area contributed by atoms with Gasteiger partial charge in [0.05, 0.1) is 43.4 Å². The fourth-order valence-electron chi connectivity index (χ4n) is 16.7. The summed E-state index contributed by atoms with van der Waals surface area (Å²) >= 11 is 0. The number of aliphatic hydroxyl groups excluding tert-OH is 10. The molecule has 29 atom stereocenters. The largest absolute Gasteiger partial charge is 0.479 e. The number of hydrogen-bond acceptors (Lipinski definition) is 22. The summed E-state index contributed by atoms with van der Waals surface area (Å²) in [6.45, 7) is 17.7. The van der Waals surface area contributed by atoms with Crippen molar-refractivity contribution in [2.75, 3.05) is 19.8 Å². The third-order valence-electron chi connectivity index (χ3n) is 22.3. The van der Waals surface area contributed by atoms with E-state index in [1.54, 1.807) is 0 Å². The molecule has 4 aliphatic heterocycles. The summed E-state index contributed by atoms with van der Waals surface area (Å²) in [4.78, 5) is 39.9. The van der Waals surface area contributed by atoms with E-state index in [2.05, 4.69) is 47.6 Å². The average Bonchev–Trinajstić information content (AvgIpc) is 3.50. The normalized spacial score (nSPS) is 51.9. The van der Waals surface area contributed by atoms with Crippen LogP contribution in [0.15, 0.2) is 11.6 Å². The lowest BCUT2D eigenvalue weighted by atomic mass is 9.33. The zero-order valence-electron chi connectivity index (χ0n) is 48.2. The van der Waals surface area contributed by atoms with E-state index in [1.165, 1.54) is 5.57 Å². The summed E-state index contributed by atoms with van der Waals surface area (Å²) in [6, 6.07) is 0. The number of carboxylic acid groups (broad SMARTS) is 1. The molecular formula is C58H92O23. The van der Waals surface area contributed by atoms with E-state index >= 15 is 0 Å². The van der Waals surface area contributed by atoms with Crippen LogP contribution < -0.4 is 0 Å². The number of hydrogen-bond donors (Lipinski definition) is 11. The zero-order valence-corrected chi connectivity index (χ0v) is 48.2. The standard InChI is InChI=1S/C58H92O23/c1-10-26(2)49(72)78-36-21-54(5)17-18-57(8)27(28(54)20-53(36,3)4)11-12-34-55(6)15-14-35(56(7,25-61)33(55)13-16-58(34,57)9)77-37-19-30(41(66)45(79-37)48(70)71)74-51-46(42(67)39(64)31(22-59)75-51)81-52-47(43(68)40(65)32(23-60)76-52)80-50-44(69)38(63)29(62)24-73-50/h11,25-26,28-47,50-52,59-60,62-69H,10,12-24H2,1-9H3,(H,70,71)/t26?,28-,29+,30+,31+,32+,33+,34+,35-,36-,37+,38-,39+,40+,41-,42-,43-,44+,45-,46+,47+,50-,51+,52-,54-,55-,56-,57+,58+/m0/s1. The number of carboxylic acids is 1. The summed E-state index contributed by atoms with van der Waals surface area (Å²) in [7, 11) is 0. The Morgan fingerprint density at radius 1 is 0.704 bits per heavy atom. The number of aliphatic carboxylic acids is 1. The lowest BCUT2D eigenvalue weighted by molar-refractivity contribution is -0.396. The Hall–Kier alpha value is -2.37. The molecule has 0 bridgehead atoms. The summed E-state index contributed by atoms with van der Waals surface area (Å²) in [5.41, 5.74) is -0.401. The lowest BCUT2D eigenvalue weighted by Gasteiger charge is -2.71. The number of esters is 1. The van der Waals surface area contributed by atoms with E-state index in [-0.39, 0.29) is 63.3 Å². The van der Waals surface area contributed by atoms with Gasteiger partial charge in [0.1, 0.15) is 85.6 Å². The van der Waals surface area contributed by atoms with Crippen molar-refractivity contribution < 1.29 is 113 Å². The number of ether oxygens (including phenoxy) is 9. The Kier molecular flexibility index (Phi) is 18.2. The average molecular weight is 1160 g/mol. The maximum Gasteiger partial charge on any atom is 0.335 e. The van der Waals surface area contributed by atoms with Crippen LogP contribution >= 0.6 is 0 Å². The maximum absolute atomic E-state index is 13.9. The second kappa shape index (κ2) is 23.4. The van der Waals surface area contributed by atoms with Gasteiger partial charge in [-0.05, 0) is 104 Å². The van der Waals surface area contributed by atoms with Crippen LogP contribution in [-0.2, 0) is 57.0 Å². The van der Waals surface area contributed by atoms with Crippen molar-refractivity contribution >= 4 is 18.2 Å². The van der Waals surface area contributed by atoms with Gasteiger partial charge in [-0.3, -0.25) is 4.79 Å². The van der Waals surface area contributed by atoms with Crippen molar-refractivity contribution in [3.63, 3.8) is 0 Å². The monoisotopic (exact) mass is 1160 g/mol. The smallest absolute Gasteiger partial charge is 0.335 e. The minimum Gasteiger partial charge on any atom is -0.479 e. The molecule has 0 spiro atoms. The van der Waals surface area contributed by atoms with Crippen molar-refractivity contribution in [1.82, 2.24) is 0 Å². The Morgan fingerprint density at radius 2 is 1.32 bits per heavy atom. The molecule has 462 valence electrons. The topological polar surface area (TPSA) is 357 Å². The minimum absolute atomic E-state index is 0.0398. The third kappa shape index (κ3) is 10.8. The van der Waals surface area contributed by atoms with Crippen LogP contribution in [-0.4, -0.2) is 217 Å². The summed E-state index contributed by atoms with van der Waals surface area (Å²) in [6.07, 6.45) is -22.1. The van der Waals surface area contributed by atoms with Gasteiger partial charge in [0, 0.05) is 11.8 Å². The number of fused-ring (bicyclic) bond motifs is 7. The van der Waals surface area contributed by atoms with Gasteiger partial charge in [0.2, 0.25) is 0 Å². The highest BCUT2D eigenvalue weighted by molar-refractivity contribution is 5.73. The third-order valence-corrected chi connectivity index (χ3v) is 22.3. The first-order chi connectivity index (χ1) is 38.0. The van der Waals surface area contributed by atoms with Crippen LogP contribution in [0.25, 0.3) is 0 Å². The van der Waals surface area contributed by atoms with Gasteiger partial charge in [-0.1, -0.05) is 74.0 Å². The molecule has 8 fully saturated rings. The number of rotatable bonds is 15. The van der Waals surface area contributed by atoms with Crippen molar-refractivity contribution in [3.05, 3.63) is 11.6 Å². The maximum atomic E-state index is 13.9. The Labute approximate surface area is 473 Å². The first-order valence-electron chi connectivity index (χ1n) is 29.4. The summed E-state index contributed by atoms with van der Waals surface area (Å²) < 4.78 is 54.2. The predicted molar refractivity (Wildman–Crippen MR) is 280 cm³/mol. The van der Waals surface area contributed by atoms with Gasteiger partial charge in [-0.2, -0.15) is 0 Å².